The molecule has 3 aliphatic heterocycles. The number of ether oxygens (including phenoxy) is 4. The van der Waals surface area contributed by atoms with Crippen LogP contribution in [0.1, 0.15) is 121 Å². The second kappa shape index (κ2) is 53.5. The van der Waals surface area contributed by atoms with Gasteiger partial charge in [-0.05, 0) is 107 Å². The number of hydrogen-bond acceptors (Lipinski definition) is 25. The lowest BCUT2D eigenvalue weighted by atomic mass is 10.0. The van der Waals surface area contributed by atoms with Gasteiger partial charge in [0.2, 0.25) is 94.5 Å². The molecule has 688 valence electrons. The number of urea groups is 1. The van der Waals surface area contributed by atoms with E-state index in [9.17, 15) is 101 Å². The van der Waals surface area contributed by atoms with E-state index in [0.29, 0.717) is 36.6 Å². The van der Waals surface area contributed by atoms with Crippen LogP contribution in [0.2, 0.25) is 0 Å². The van der Waals surface area contributed by atoms with E-state index in [-0.39, 0.29) is 125 Å². The van der Waals surface area contributed by atoms with Crippen molar-refractivity contribution < 1.29 is 124 Å². The maximum atomic E-state index is 14.9. The van der Waals surface area contributed by atoms with Gasteiger partial charge in [-0.3, -0.25) is 86.5 Å². The quantitative estimate of drug-likeness (QED) is 0.0143. The molecule has 3 aromatic carbocycles. The van der Waals surface area contributed by atoms with Gasteiger partial charge in [-0.25, -0.2) is 9.36 Å². The molecule has 3 saturated heterocycles. The molecule has 3 aliphatic rings. The SMILES string of the molecule is C[C@@H]1NC(=O)[C@H](C)NC(=O)[C@H](CCC(=O)NCCOCCOCC(=O)NCCOCCOCC(=O)N[C@@H](CCCCNC(=O)CCCCC[C@@H]2SC[C@@H]3NC(=O)N[C@@H]32)C(N)=O)NC(=O)[C@H](Cc2ccccc2)NC(=O)[C@H](Cc2ccc(O)cc2)NC(=O)[C@H](CC(N)=O)NC(=O)[C@H](CCC(N)=O)NC(=O)[C@H](Cc2ccc(OP(=O)(O)O)cc2)NC(=O)[C@H](C)NC1=O. The Labute approximate surface area is 724 Å². The third-order valence-electron chi connectivity index (χ3n) is 19.6. The molecule has 13 atom stereocenters. The van der Waals surface area contributed by atoms with Crippen LogP contribution in [0, 0.1) is 0 Å². The molecule has 0 bridgehead atoms. The number of nitrogens with one attached hydrogen (secondary N) is 15. The van der Waals surface area contributed by atoms with Gasteiger partial charge >= 0.3 is 13.9 Å². The van der Waals surface area contributed by atoms with E-state index in [1.807, 2.05) is 11.8 Å². The van der Waals surface area contributed by atoms with E-state index in [4.69, 9.17) is 36.1 Å². The summed E-state index contributed by atoms with van der Waals surface area (Å²) in [5, 5.41) is 49.2. The molecule has 0 spiro atoms. The van der Waals surface area contributed by atoms with Crippen molar-refractivity contribution in [1.82, 2.24) is 79.8 Å². The number of thioether (sulfide) groups is 1. The lowest BCUT2D eigenvalue weighted by Gasteiger charge is -2.28. The van der Waals surface area contributed by atoms with Crippen molar-refractivity contribution in [1.29, 1.82) is 0 Å². The van der Waals surface area contributed by atoms with E-state index in [0.717, 1.165) is 43.6 Å². The maximum absolute atomic E-state index is 14.9. The maximum Gasteiger partial charge on any atom is 0.524 e. The molecular formula is C79H115N18O26PS. The van der Waals surface area contributed by atoms with Crippen LogP contribution >= 0.6 is 19.6 Å². The fraction of sp³-hybridized carbons (Fsp3) is 0.557. The lowest BCUT2D eigenvalue weighted by molar-refractivity contribution is -0.136. The number of carbonyl (C=O) groups is 17. The molecule has 0 aromatic heterocycles. The van der Waals surface area contributed by atoms with E-state index in [1.54, 1.807) is 30.3 Å². The molecular weight excluding hydrogens is 1680 g/mol. The van der Waals surface area contributed by atoms with Crippen molar-refractivity contribution >= 4 is 120 Å². The third-order valence-corrected chi connectivity index (χ3v) is 21.6. The average Bonchev–Trinajstić information content (AvgIpc) is 1.56. The van der Waals surface area contributed by atoms with E-state index < -0.39 is 202 Å². The predicted molar refractivity (Wildman–Crippen MR) is 447 cm³/mol. The first-order chi connectivity index (χ1) is 59.5. The summed E-state index contributed by atoms with van der Waals surface area (Å²) >= 11 is 1.86. The molecule has 46 heteroatoms. The highest BCUT2D eigenvalue weighted by Crippen LogP contribution is 2.38. The Morgan fingerprint density at radius 3 is 1.44 bits per heavy atom. The number of carbonyl (C=O) groups excluding carboxylic acids is 17. The number of benzene rings is 3. The van der Waals surface area contributed by atoms with E-state index in [2.05, 4.69) is 84.3 Å². The van der Waals surface area contributed by atoms with Gasteiger partial charge in [0.05, 0.1) is 58.1 Å². The molecule has 0 aliphatic carbocycles. The molecule has 3 fully saturated rings. The summed E-state index contributed by atoms with van der Waals surface area (Å²) in [5.74, 6) is -14.1. The van der Waals surface area contributed by atoms with Crippen molar-refractivity contribution in [3.05, 3.63) is 95.6 Å². The number of aromatic hydroxyl groups is 1. The first-order valence-electron chi connectivity index (χ1n) is 40.8. The van der Waals surface area contributed by atoms with Crippen LogP contribution in [-0.2, 0) is 119 Å². The number of hydrogen-bond donors (Lipinski definition) is 21. The number of fused-ring (bicyclic) bond motifs is 1. The van der Waals surface area contributed by atoms with Crippen LogP contribution in [0.15, 0.2) is 78.9 Å². The topological polar surface area (TPSA) is 673 Å². The summed E-state index contributed by atoms with van der Waals surface area (Å²) in [4.78, 5) is 247. The number of rotatable bonds is 45. The highest BCUT2D eigenvalue weighted by Gasteiger charge is 2.43. The fourth-order valence-corrected chi connectivity index (χ4v) is 14.9. The largest absolute Gasteiger partial charge is 0.524 e. The average molecular weight is 1800 g/mol. The number of primary amides is 3. The van der Waals surface area contributed by atoms with Gasteiger partial charge in [-0.1, -0.05) is 67.4 Å². The molecule has 44 nitrogen and oxygen atoms in total. The van der Waals surface area contributed by atoms with Gasteiger partial charge in [-0.2, -0.15) is 11.8 Å². The number of phenolic OH excluding ortho intramolecular Hbond substituents is 1. The monoisotopic (exact) mass is 1790 g/mol. The number of nitrogens with two attached hydrogens (primary N) is 3. The van der Waals surface area contributed by atoms with Gasteiger partial charge in [0.1, 0.15) is 85.1 Å². The zero-order valence-corrected chi connectivity index (χ0v) is 71.3. The summed E-state index contributed by atoms with van der Waals surface area (Å²) in [6.45, 7) is 3.38. The van der Waals surface area contributed by atoms with Crippen LogP contribution in [0.3, 0.4) is 0 Å². The highest BCUT2D eigenvalue weighted by molar-refractivity contribution is 8.00. The Hall–Kier alpha value is -11.6. The molecule has 3 aromatic rings. The Balaban J connectivity index is 1.01. The molecule has 3 heterocycles. The lowest BCUT2D eigenvalue weighted by Crippen LogP contribution is -2.61. The summed E-state index contributed by atoms with van der Waals surface area (Å²) < 4.78 is 37.9. The Bertz CT molecular complexity index is 4210. The number of unbranched alkanes of at least 4 members (excludes halogenated alkanes) is 3. The molecule has 0 saturated carbocycles. The summed E-state index contributed by atoms with van der Waals surface area (Å²) in [6.07, 6.45) is 1.03. The minimum Gasteiger partial charge on any atom is -0.508 e. The zero-order chi connectivity index (χ0) is 91.5. The summed E-state index contributed by atoms with van der Waals surface area (Å²) in [6, 6.07) is 2.36. The molecule has 0 unspecified atom stereocenters. The van der Waals surface area contributed by atoms with Gasteiger partial charge in [0, 0.05) is 69.2 Å². The van der Waals surface area contributed by atoms with Crippen LogP contribution in [0.5, 0.6) is 11.5 Å². The minimum atomic E-state index is -5.04. The van der Waals surface area contributed by atoms with Crippen LogP contribution in [-0.4, -0.2) is 271 Å². The second-order valence-corrected chi connectivity index (χ2v) is 32.3. The summed E-state index contributed by atoms with van der Waals surface area (Å²) in [5.41, 5.74) is 17.5. The second-order valence-electron chi connectivity index (χ2n) is 29.9. The molecule has 24 N–H and O–H groups in total. The fourth-order valence-electron chi connectivity index (χ4n) is 13.0. The van der Waals surface area contributed by atoms with Crippen molar-refractivity contribution in [2.75, 3.05) is 78.2 Å². The Kier molecular flexibility index (Phi) is 43.8. The van der Waals surface area contributed by atoms with Crippen molar-refractivity contribution in [2.24, 2.45) is 17.2 Å². The molecule has 18 amide bonds. The standard InChI is InChI=1S/C79H115N18O26PS/c1-45-70(106)87-47(3)72(108)92-56(40-50-19-23-52(24-20-50)123-124(116,117)118)75(111)90-54(25-27-62(80)99)74(110)95-59(41-63(81)100)78(114)94-58(39-49-17-21-51(98)22-18-49)77(113)93-57(38-48-12-6-4-7-13-48)76(112)91-55(73(109)88-46(2)71(107)86-45)26-28-65(102)84-30-32-119-34-36-121-42-66(103)85-31-33-120-35-37-122-43-67(104)89-53(69(82)105)14-10-11-29-83-64(101)16-9-5-8-15-61-68-60(44-125-61)96-79(115)97-68/h4,6-7,12-13,17-24,45-47,53-61,68,98H,5,8-11,14-16,25-44H2,1-3H3,(H2,80,99)(H2,81,100)(H2,82,105)(H,83,101)(H,84,102)(H,85,103)(H,86,107)(H,87,106)(H,88,109)(H,89,104)(H,90,111)(H,91,112)(H,92,108)(H,93,113)(H,94,114)(H,95,110)(H2,96,97,115)(H2,116,117,118)/t45-,46-,47-,53-,54-,55-,56-,57-,58-,59-,60-,61-,68-/m0/s1. The third kappa shape index (κ3) is 39.4. The number of amides is 18. The number of phenols is 1. The molecule has 0 radical (unpaired) electrons. The Morgan fingerprint density at radius 1 is 0.448 bits per heavy atom. The minimum absolute atomic E-state index is 0.0161. The van der Waals surface area contributed by atoms with Crippen LogP contribution < -0.4 is 101 Å². The van der Waals surface area contributed by atoms with Gasteiger partial charge in [-0.15, -0.1) is 0 Å². The van der Waals surface area contributed by atoms with Crippen LogP contribution in [0.4, 0.5) is 4.79 Å². The highest BCUT2D eigenvalue weighted by atomic mass is 32.2. The van der Waals surface area contributed by atoms with Crippen molar-refractivity contribution in [2.45, 2.75) is 201 Å². The molecule has 125 heavy (non-hydrogen) atoms. The first kappa shape index (κ1) is 102. The summed E-state index contributed by atoms with van der Waals surface area (Å²) in [7, 11) is -5.04. The van der Waals surface area contributed by atoms with E-state index in [1.165, 1.54) is 57.2 Å². The van der Waals surface area contributed by atoms with Gasteiger partial charge < -0.3 is 126 Å². The normalized spacial score (nSPS) is 22.2. The first-order valence-corrected chi connectivity index (χ1v) is 43.4. The number of phosphoric ester groups is 1. The van der Waals surface area contributed by atoms with Crippen molar-refractivity contribution in [3.63, 3.8) is 0 Å². The smallest absolute Gasteiger partial charge is 0.508 e. The zero-order valence-electron chi connectivity index (χ0n) is 69.6. The predicted octanol–water partition coefficient (Wildman–Crippen LogP) is -5.08. The van der Waals surface area contributed by atoms with Crippen molar-refractivity contribution in [3.8, 4) is 11.5 Å². The van der Waals surface area contributed by atoms with E-state index >= 15 is 0 Å². The molecule has 6 rings (SSSR count). The van der Waals surface area contributed by atoms with Crippen LogP contribution in [0.25, 0.3) is 0 Å². The van der Waals surface area contributed by atoms with Gasteiger partial charge in [0.25, 0.3) is 0 Å². The van der Waals surface area contributed by atoms with Gasteiger partial charge in [0.15, 0.2) is 0 Å². The number of phosphoric acid groups is 1. The Morgan fingerprint density at radius 2 is 0.896 bits per heavy atom.